The van der Waals surface area contributed by atoms with Crippen molar-refractivity contribution < 1.29 is 0 Å². The second-order valence-corrected chi connectivity index (χ2v) is 6.69. The molecule has 0 spiro atoms. The molecule has 1 fully saturated rings. The molecule has 5 rings (SSSR count). The molecule has 0 saturated heterocycles. The molecule has 2 atom stereocenters. The molecule has 2 heterocycles. The van der Waals surface area contributed by atoms with E-state index >= 15 is 0 Å². The first-order valence-electron chi connectivity index (χ1n) is 8.30. The highest BCUT2D eigenvalue weighted by Gasteiger charge is 2.53. The lowest BCUT2D eigenvalue weighted by Crippen LogP contribution is -2.41. The zero-order valence-electron chi connectivity index (χ0n) is 13.1. The smallest absolute Gasteiger partial charge is 0.245 e. The molecule has 2 aromatic carbocycles. The lowest BCUT2D eigenvalue weighted by Gasteiger charge is -2.29. The van der Waals surface area contributed by atoms with Crippen LogP contribution in [0.2, 0.25) is 0 Å². The Hall–Kier alpha value is -2.82. The van der Waals surface area contributed by atoms with E-state index in [1.54, 1.807) is 21.5 Å². The first kappa shape index (κ1) is 13.6. The Morgan fingerprint density at radius 2 is 1.54 bits per heavy atom. The predicted molar refractivity (Wildman–Crippen MR) is 90.7 cm³/mol. The first-order chi connectivity index (χ1) is 11.7. The predicted octanol–water partition coefficient (Wildman–Crippen LogP) is 2.28. The van der Waals surface area contributed by atoms with Gasteiger partial charge in [0.15, 0.2) is 0 Å². The molecule has 24 heavy (non-hydrogen) atoms. The third kappa shape index (κ3) is 1.54. The molecule has 3 aromatic rings. The molecule has 2 bridgehead atoms. The standard InChI is InChI=1S/C19H17N3O2/c23-17-20(15-9-5-2-6-10-15)18(24)22-19(14-7-3-1-4-8-14)12-11-16(13-19)21(17)22/h1-10,16H,11-13H2/t16-,19+/m0/s1. The van der Waals surface area contributed by atoms with Crippen molar-refractivity contribution in [2.45, 2.75) is 30.8 Å². The number of rotatable bonds is 2. The Kier molecular flexibility index (Phi) is 2.61. The van der Waals surface area contributed by atoms with Crippen molar-refractivity contribution in [3.8, 4) is 5.69 Å². The summed E-state index contributed by atoms with van der Waals surface area (Å²) >= 11 is 0. The van der Waals surface area contributed by atoms with E-state index in [9.17, 15) is 9.59 Å². The number of para-hydroxylation sites is 1. The Labute approximate surface area is 138 Å². The zero-order chi connectivity index (χ0) is 16.3. The summed E-state index contributed by atoms with van der Waals surface area (Å²) in [6.45, 7) is 0. The van der Waals surface area contributed by atoms with Crippen molar-refractivity contribution >= 4 is 0 Å². The van der Waals surface area contributed by atoms with Gasteiger partial charge < -0.3 is 0 Å². The molecular formula is C19H17N3O2. The number of nitrogens with zero attached hydrogens (tertiary/aromatic N) is 3. The van der Waals surface area contributed by atoms with Crippen LogP contribution >= 0.6 is 0 Å². The highest BCUT2D eigenvalue weighted by Crippen LogP contribution is 2.51. The van der Waals surface area contributed by atoms with Crippen LogP contribution in [0.15, 0.2) is 70.3 Å². The van der Waals surface area contributed by atoms with Gasteiger partial charge in [-0.2, -0.15) is 0 Å². The minimum atomic E-state index is -0.387. The number of benzene rings is 2. The van der Waals surface area contributed by atoms with Crippen molar-refractivity contribution in [2.24, 2.45) is 0 Å². The number of aromatic nitrogens is 3. The van der Waals surface area contributed by atoms with Gasteiger partial charge in [0.05, 0.1) is 17.3 Å². The van der Waals surface area contributed by atoms with Gasteiger partial charge in [0.25, 0.3) is 0 Å². The fourth-order valence-electron chi connectivity index (χ4n) is 4.50. The lowest BCUT2D eigenvalue weighted by atomic mass is 9.89. The van der Waals surface area contributed by atoms with Gasteiger partial charge >= 0.3 is 11.4 Å². The lowest BCUT2D eigenvalue weighted by molar-refractivity contribution is 0.299. The molecule has 1 aliphatic carbocycles. The van der Waals surface area contributed by atoms with E-state index in [0.29, 0.717) is 5.69 Å². The average molecular weight is 319 g/mol. The summed E-state index contributed by atoms with van der Waals surface area (Å²) in [6, 6.07) is 19.4. The first-order valence-corrected chi connectivity index (χ1v) is 8.30. The quantitative estimate of drug-likeness (QED) is 0.727. The van der Waals surface area contributed by atoms with Gasteiger partial charge in [-0.15, -0.1) is 0 Å². The molecule has 5 nitrogen and oxygen atoms in total. The van der Waals surface area contributed by atoms with E-state index in [0.717, 1.165) is 24.8 Å². The van der Waals surface area contributed by atoms with Gasteiger partial charge in [0, 0.05) is 0 Å². The maximum absolute atomic E-state index is 13.2. The monoisotopic (exact) mass is 319 g/mol. The second-order valence-electron chi connectivity index (χ2n) is 6.69. The molecule has 0 amide bonds. The summed E-state index contributed by atoms with van der Waals surface area (Å²) in [5, 5.41) is 0. The van der Waals surface area contributed by atoms with E-state index in [1.165, 1.54) is 4.57 Å². The number of hydrogen-bond donors (Lipinski definition) is 0. The van der Waals surface area contributed by atoms with Crippen LogP contribution in [0.4, 0.5) is 0 Å². The molecule has 0 radical (unpaired) electrons. The molecule has 1 saturated carbocycles. The van der Waals surface area contributed by atoms with Crippen molar-refractivity contribution in [2.75, 3.05) is 0 Å². The SMILES string of the molecule is O=c1n(-c2ccccc2)c(=O)n2n1[C@H]1CC[C@]2(c2ccccc2)C1. The minimum Gasteiger partial charge on any atom is -0.245 e. The second kappa shape index (κ2) is 4.60. The average Bonchev–Trinajstić information content (AvgIpc) is 3.28. The normalized spacial score (nSPS) is 24.2. The van der Waals surface area contributed by atoms with E-state index in [2.05, 4.69) is 12.1 Å². The molecule has 2 aliphatic rings. The summed E-state index contributed by atoms with van der Waals surface area (Å²) in [6.07, 6.45) is 2.67. The van der Waals surface area contributed by atoms with Gasteiger partial charge in [-0.3, -0.25) is 0 Å². The van der Waals surface area contributed by atoms with Crippen LogP contribution in [0, 0.1) is 0 Å². The Balaban J connectivity index is 1.82. The summed E-state index contributed by atoms with van der Waals surface area (Å²) in [5.41, 5.74) is 0.892. The van der Waals surface area contributed by atoms with E-state index in [-0.39, 0.29) is 23.0 Å². The van der Waals surface area contributed by atoms with Crippen LogP contribution in [0.5, 0.6) is 0 Å². The van der Waals surface area contributed by atoms with Crippen molar-refractivity contribution in [3.63, 3.8) is 0 Å². The van der Waals surface area contributed by atoms with Gasteiger partial charge in [0.1, 0.15) is 0 Å². The third-order valence-corrected chi connectivity index (χ3v) is 5.52. The number of fused-ring (bicyclic) bond motifs is 5. The third-order valence-electron chi connectivity index (χ3n) is 5.52. The van der Waals surface area contributed by atoms with E-state index < -0.39 is 0 Å². The Morgan fingerprint density at radius 3 is 2.25 bits per heavy atom. The fraction of sp³-hybridized carbons (Fsp3) is 0.263. The molecule has 0 unspecified atom stereocenters. The highest BCUT2D eigenvalue weighted by molar-refractivity contribution is 5.33. The van der Waals surface area contributed by atoms with Crippen LogP contribution in [0.1, 0.15) is 30.9 Å². The molecule has 1 aliphatic heterocycles. The molecule has 1 aromatic heterocycles. The summed E-state index contributed by atoms with van der Waals surface area (Å²) in [4.78, 5) is 26.1. The van der Waals surface area contributed by atoms with Crippen LogP contribution in [-0.4, -0.2) is 13.9 Å². The van der Waals surface area contributed by atoms with Gasteiger partial charge in [0.2, 0.25) is 0 Å². The Bertz CT molecular complexity index is 1030. The highest BCUT2D eigenvalue weighted by atomic mass is 16.2. The minimum absolute atomic E-state index is 0.107. The molecule has 0 N–H and O–H groups in total. The van der Waals surface area contributed by atoms with Crippen molar-refractivity contribution in [3.05, 3.63) is 87.2 Å². The molecule has 5 heteroatoms. The van der Waals surface area contributed by atoms with Gasteiger partial charge in [-0.25, -0.2) is 23.5 Å². The Morgan fingerprint density at radius 1 is 0.875 bits per heavy atom. The number of hydrogen-bond acceptors (Lipinski definition) is 2. The maximum Gasteiger partial charge on any atom is 0.352 e. The van der Waals surface area contributed by atoms with Crippen LogP contribution < -0.4 is 11.4 Å². The summed E-state index contributed by atoms with van der Waals surface area (Å²) in [7, 11) is 0. The maximum atomic E-state index is 13.2. The molecular weight excluding hydrogens is 302 g/mol. The van der Waals surface area contributed by atoms with Gasteiger partial charge in [-0.1, -0.05) is 48.5 Å². The summed E-state index contributed by atoms with van der Waals surface area (Å²) in [5.74, 6) is 0. The summed E-state index contributed by atoms with van der Waals surface area (Å²) < 4.78 is 4.70. The molecule has 120 valence electrons. The van der Waals surface area contributed by atoms with E-state index in [1.807, 2.05) is 36.4 Å². The van der Waals surface area contributed by atoms with Gasteiger partial charge in [-0.05, 0) is 37.0 Å². The van der Waals surface area contributed by atoms with Crippen LogP contribution in [0.3, 0.4) is 0 Å². The zero-order valence-corrected chi connectivity index (χ0v) is 13.1. The largest absolute Gasteiger partial charge is 0.352 e. The van der Waals surface area contributed by atoms with Crippen LogP contribution in [-0.2, 0) is 5.54 Å². The van der Waals surface area contributed by atoms with Crippen molar-refractivity contribution in [1.29, 1.82) is 0 Å². The van der Waals surface area contributed by atoms with E-state index in [4.69, 9.17) is 0 Å². The fourth-order valence-corrected chi connectivity index (χ4v) is 4.50. The van der Waals surface area contributed by atoms with Crippen molar-refractivity contribution in [1.82, 2.24) is 13.9 Å². The topological polar surface area (TPSA) is 48.9 Å². The van der Waals surface area contributed by atoms with Crippen LogP contribution in [0.25, 0.3) is 5.69 Å².